The number of hydrogen-bond donors (Lipinski definition) is 0. The van der Waals surface area contributed by atoms with Crippen molar-refractivity contribution >= 4 is 32.6 Å². The molecule has 2 heterocycles. The Morgan fingerprint density at radius 3 is 2.91 bits per heavy atom. The van der Waals surface area contributed by atoms with Gasteiger partial charge >= 0.3 is 0 Å². The zero-order chi connectivity index (χ0) is 16.2. The highest BCUT2D eigenvalue weighted by Crippen LogP contribution is 2.31. The topological polar surface area (TPSA) is 46.3 Å². The molecule has 0 bridgehead atoms. The van der Waals surface area contributed by atoms with E-state index in [9.17, 15) is 9.18 Å². The Labute approximate surface area is 137 Å². The van der Waals surface area contributed by atoms with Gasteiger partial charge in [0.15, 0.2) is 5.13 Å². The van der Waals surface area contributed by atoms with E-state index >= 15 is 0 Å². The van der Waals surface area contributed by atoms with Gasteiger partial charge in [-0.25, -0.2) is 9.37 Å². The van der Waals surface area contributed by atoms with Crippen molar-refractivity contribution in [1.29, 1.82) is 0 Å². The van der Waals surface area contributed by atoms with Crippen molar-refractivity contribution in [1.82, 2.24) is 4.98 Å². The summed E-state index contributed by atoms with van der Waals surface area (Å²) in [5.74, 6) is 0.279. The fourth-order valence-electron chi connectivity index (χ4n) is 2.30. The number of fused-ring (bicyclic) bond motifs is 1. The molecule has 0 N–H and O–H groups in total. The van der Waals surface area contributed by atoms with Crippen molar-refractivity contribution in [2.45, 2.75) is 32.7 Å². The molecule has 1 amide bonds. The summed E-state index contributed by atoms with van der Waals surface area (Å²) in [5.41, 5.74) is 0.306. The van der Waals surface area contributed by atoms with Crippen LogP contribution < -0.4 is 4.90 Å². The highest BCUT2D eigenvalue weighted by Gasteiger charge is 2.21. The van der Waals surface area contributed by atoms with Crippen molar-refractivity contribution in [3.05, 3.63) is 48.2 Å². The summed E-state index contributed by atoms with van der Waals surface area (Å²) in [6.07, 6.45) is 3.76. The number of unbranched alkanes of at least 4 members (excludes halogenated alkanes) is 1. The van der Waals surface area contributed by atoms with Gasteiger partial charge in [0.05, 0.1) is 17.5 Å². The highest BCUT2D eigenvalue weighted by atomic mass is 32.1. The van der Waals surface area contributed by atoms with Crippen molar-refractivity contribution in [2.75, 3.05) is 4.90 Å². The van der Waals surface area contributed by atoms with E-state index in [1.165, 1.54) is 17.4 Å². The van der Waals surface area contributed by atoms with E-state index in [1.807, 2.05) is 13.0 Å². The van der Waals surface area contributed by atoms with Crippen LogP contribution in [0.1, 0.15) is 31.9 Å². The van der Waals surface area contributed by atoms with Crippen molar-refractivity contribution in [2.24, 2.45) is 0 Å². The van der Waals surface area contributed by atoms with Gasteiger partial charge in [-0.1, -0.05) is 30.7 Å². The largest absolute Gasteiger partial charge is 0.467 e. The third-order valence-electron chi connectivity index (χ3n) is 3.53. The van der Waals surface area contributed by atoms with E-state index in [4.69, 9.17) is 4.42 Å². The summed E-state index contributed by atoms with van der Waals surface area (Å²) >= 11 is 1.32. The van der Waals surface area contributed by atoms with E-state index in [1.54, 1.807) is 29.4 Å². The zero-order valence-electron chi connectivity index (χ0n) is 12.8. The predicted molar refractivity (Wildman–Crippen MR) is 89.0 cm³/mol. The summed E-state index contributed by atoms with van der Waals surface area (Å²) in [6, 6.07) is 8.42. The number of carbonyl (C=O) groups excluding carboxylic acids is 1. The molecule has 0 aliphatic rings. The number of carbonyl (C=O) groups is 1. The molecular formula is C17H17FN2O2S. The molecule has 0 saturated heterocycles. The van der Waals surface area contributed by atoms with E-state index in [0.717, 1.165) is 17.5 Å². The number of furan rings is 1. The highest BCUT2D eigenvalue weighted by molar-refractivity contribution is 7.22. The quantitative estimate of drug-likeness (QED) is 0.654. The van der Waals surface area contributed by atoms with Crippen LogP contribution in [-0.4, -0.2) is 10.9 Å². The minimum atomic E-state index is -0.371. The lowest BCUT2D eigenvalue weighted by Gasteiger charge is -2.18. The normalized spacial score (nSPS) is 11.0. The Morgan fingerprint density at radius 1 is 1.35 bits per heavy atom. The van der Waals surface area contributed by atoms with Crippen LogP contribution in [-0.2, 0) is 11.3 Å². The molecular weight excluding hydrogens is 315 g/mol. The third kappa shape index (κ3) is 3.42. The number of nitrogens with zero attached hydrogens (tertiary/aromatic N) is 2. The standard InChI is InChI=1S/C17H17FN2O2S/c1-2-3-9-15(21)20(11-12-6-5-10-22-12)17-19-16-13(18)7-4-8-14(16)23-17/h4-8,10H,2-3,9,11H2,1H3. The average Bonchev–Trinajstić information content (AvgIpc) is 3.20. The SMILES string of the molecule is CCCCC(=O)N(Cc1ccco1)c1nc2c(F)cccc2s1. The molecule has 2 aromatic heterocycles. The number of benzene rings is 1. The first-order valence-electron chi connectivity index (χ1n) is 7.57. The first-order valence-corrected chi connectivity index (χ1v) is 8.38. The number of amides is 1. The predicted octanol–water partition coefficient (Wildman–Crippen LogP) is 4.75. The zero-order valence-corrected chi connectivity index (χ0v) is 13.6. The summed E-state index contributed by atoms with van der Waals surface area (Å²) in [4.78, 5) is 18.5. The second-order valence-corrected chi connectivity index (χ2v) is 6.25. The van der Waals surface area contributed by atoms with Crippen molar-refractivity contribution in [3.8, 4) is 0 Å². The molecule has 0 fully saturated rings. The Balaban J connectivity index is 1.94. The van der Waals surface area contributed by atoms with Crippen LogP contribution in [0.25, 0.3) is 10.2 Å². The van der Waals surface area contributed by atoms with Gasteiger partial charge in [-0.05, 0) is 30.7 Å². The molecule has 3 aromatic rings. The summed E-state index contributed by atoms with van der Waals surface area (Å²) in [7, 11) is 0. The number of anilines is 1. The van der Waals surface area contributed by atoms with Crippen LogP contribution in [0.5, 0.6) is 0 Å². The molecule has 0 aliphatic carbocycles. The number of halogens is 1. The molecule has 6 heteroatoms. The van der Waals surface area contributed by atoms with Crippen molar-refractivity contribution in [3.63, 3.8) is 0 Å². The first-order chi connectivity index (χ1) is 11.2. The van der Waals surface area contributed by atoms with Gasteiger partial charge < -0.3 is 4.42 Å². The summed E-state index contributed by atoms with van der Waals surface area (Å²) in [5, 5.41) is 0.502. The van der Waals surface area contributed by atoms with Gasteiger partial charge in [-0.2, -0.15) is 0 Å². The second kappa shape index (κ2) is 6.91. The van der Waals surface area contributed by atoms with Gasteiger partial charge in [0.25, 0.3) is 0 Å². The number of thiazole rings is 1. The fraction of sp³-hybridized carbons (Fsp3) is 0.294. The maximum absolute atomic E-state index is 13.9. The molecule has 23 heavy (non-hydrogen) atoms. The molecule has 120 valence electrons. The molecule has 0 atom stereocenters. The molecule has 4 nitrogen and oxygen atoms in total. The number of rotatable bonds is 6. The number of para-hydroxylation sites is 1. The van der Waals surface area contributed by atoms with E-state index in [-0.39, 0.29) is 11.7 Å². The maximum Gasteiger partial charge on any atom is 0.229 e. The molecule has 1 aromatic carbocycles. The van der Waals surface area contributed by atoms with Gasteiger partial charge in [0, 0.05) is 6.42 Å². The Bertz CT molecular complexity index is 798. The third-order valence-corrected chi connectivity index (χ3v) is 4.57. The molecule has 0 saturated carbocycles. The lowest BCUT2D eigenvalue weighted by atomic mass is 10.2. The first kappa shape index (κ1) is 15.7. The Hall–Kier alpha value is -2.21. The van der Waals surface area contributed by atoms with Crippen LogP contribution in [0, 0.1) is 5.82 Å². The second-order valence-electron chi connectivity index (χ2n) is 5.25. The smallest absolute Gasteiger partial charge is 0.229 e. The minimum absolute atomic E-state index is 0.0253. The summed E-state index contributed by atoms with van der Waals surface area (Å²) < 4.78 is 19.9. The number of hydrogen-bond acceptors (Lipinski definition) is 4. The van der Waals surface area contributed by atoms with Crippen molar-refractivity contribution < 1.29 is 13.6 Å². The molecule has 0 aliphatic heterocycles. The fourth-order valence-corrected chi connectivity index (χ4v) is 3.30. The van der Waals surface area contributed by atoms with Crippen LogP contribution in [0.3, 0.4) is 0 Å². The van der Waals surface area contributed by atoms with E-state index in [2.05, 4.69) is 4.98 Å². The van der Waals surface area contributed by atoms with Gasteiger partial charge in [0.1, 0.15) is 17.1 Å². The average molecular weight is 332 g/mol. The number of aromatic nitrogens is 1. The summed E-state index contributed by atoms with van der Waals surface area (Å²) in [6.45, 7) is 2.34. The molecule has 0 unspecified atom stereocenters. The minimum Gasteiger partial charge on any atom is -0.467 e. The molecule has 3 rings (SSSR count). The van der Waals surface area contributed by atoms with Gasteiger partial charge in [-0.15, -0.1) is 0 Å². The lowest BCUT2D eigenvalue weighted by Crippen LogP contribution is -2.29. The Kier molecular flexibility index (Phi) is 4.71. The van der Waals surface area contributed by atoms with Crippen LogP contribution in [0.2, 0.25) is 0 Å². The molecule has 0 radical (unpaired) electrons. The lowest BCUT2D eigenvalue weighted by molar-refractivity contribution is -0.118. The maximum atomic E-state index is 13.9. The van der Waals surface area contributed by atoms with Gasteiger partial charge in [0.2, 0.25) is 5.91 Å². The van der Waals surface area contributed by atoms with E-state index < -0.39 is 0 Å². The van der Waals surface area contributed by atoms with Gasteiger partial charge in [-0.3, -0.25) is 9.69 Å². The van der Waals surface area contributed by atoms with E-state index in [0.29, 0.717) is 29.4 Å². The Morgan fingerprint density at radius 2 is 2.22 bits per heavy atom. The van der Waals surface area contributed by atoms with Crippen LogP contribution in [0.15, 0.2) is 41.0 Å². The monoisotopic (exact) mass is 332 g/mol. The van der Waals surface area contributed by atoms with Crippen LogP contribution >= 0.6 is 11.3 Å². The molecule has 0 spiro atoms. The van der Waals surface area contributed by atoms with Crippen LogP contribution in [0.4, 0.5) is 9.52 Å².